The first-order chi connectivity index (χ1) is 16.6. The van der Waals surface area contributed by atoms with Gasteiger partial charge in [0.15, 0.2) is 5.84 Å². The van der Waals surface area contributed by atoms with E-state index >= 15 is 0 Å². The average molecular weight is 456 g/mol. The van der Waals surface area contributed by atoms with Crippen LogP contribution in [0.25, 0.3) is 17.2 Å². The summed E-state index contributed by atoms with van der Waals surface area (Å²) < 4.78 is 34.8. The van der Waals surface area contributed by atoms with E-state index in [9.17, 15) is 8.78 Å². The summed E-state index contributed by atoms with van der Waals surface area (Å²) in [6.45, 7) is 4.77. The number of ether oxygens (including phenoxy) is 1. The highest BCUT2D eigenvalue weighted by Gasteiger charge is 2.28. The van der Waals surface area contributed by atoms with Gasteiger partial charge in [0.1, 0.15) is 23.4 Å². The van der Waals surface area contributed by atoms with Crippen molar-refractivity contribution >= 4 is 17.6 Å². The summed E-state index contributed by atoms with van der Waals surface area (Å²) in [5.41, 5.74) is 3.79. The number of hydrogen-bond acceptors (Lipinski definition) is 4. The van der Waals surface area contributed by atoms with Gasteiger partial charge in [-0.2, -0.15) is 0 Å². The van der Waals surface area contributed by atoms with Crippen LogP contribution >= 0.6 is 0 Å². The Hall–Kier alpha value is -4.06. The summed E-state index contributed by atoms with van der Waals surface area (Å²) in [6, 6.07) is 17.5. The molecule has 170 valence electrons. The first kappa shape index (κ1) is 21.8. The average Bonchev–Trinajstić information content (AvgIpc) is 3.27. The SMILES string of the molecule is C=Cc1cccc(C2=NC3CN(Cc4ccc(-c5ccc(OC)cc5)c(F)c4)C=CC3=N2)c1F. The minimum Gasteiger partial charge on any atom is -0.497 e. The minimum absolute atomic E-state index is 0.185. The second-order valence-corrected chi connectivity index (χ2v) is 8.21. The molecule has 0 spiro atoms. The second-order valence-electron chi connectivity index (χ2n) is 8.21. The third-order valence-electron chi connectivity index (χ3n) is 6.03. The van der Waals surface area contributed by atoms with Crippen LogP contribution in [0.4, 0.5) is 8.78 Å². The largest absolute Gasteiger partial charge is 0.497 e. The lowest BCUT2D eigenvalue weighted by atomic mass is 10.0. The van der Waals surface area contributed by atoms with E-state index < -0.39 is 0 Å². The van der Waals surface area contributed by atoms with Crippen molar-refractivity contribution in [3.05, 3.63) is 108 Å². The number of benzene rings is 3. The van der Waals surface area contributed by atoms with Crippen molar-refractivity contribution in [2.75, 3.05) is 13.7 Å². The van der Waals surface area contributed by atoms with Crippen molar-refractivity contribution in [1.82, 2.24) is 4.90 Å². The van der Waals surface area contributed by atoms with Gasteiger partial charge in [0.2, 0.25) is 0 Å². The van der Waals surface area contributed by atoms with Crippen LogP contribution in [0.3, 0.4) is 0 Å². The summed E-state index contributed by atoms with van der Waals surface area (Å²) in [5, 5.41) is 0. The third-order valence-corrected chi connectivity index (χ3v) is 6.03. The van der Waals surface area contributed by atoms with E-state index in [1.54, 1.807) is 37.4 Å². The van der Waals surface area contributed by atoms with Gasteiger partial charge in [-0.1, -0.05) is 49.1 Å². The monoisotopic (exact) mass is 455 g/mol. The van der Waals surface area contributed by atoms with Gasteiger partial charge in [0.05, 0.1) is 18.4 Å². The molecule has 0 radical (unpaired) electrons. The summed E-state index contributed by atoms with van der Waals surface area (Å²) >= 11 is 0. The molecular formula is C28H23F2N3O. The molecule has 1 atom stereocenters. The van der Waals surface area contributed by atoms with Crippen molar-refractivity contribution in [1.29, 1.82) is 0 Å². The van der Waals surface area contributed by atoms with Crippen LogP contribution in [-0.4, -0.2) is 36.1 Å². The molecule has 34 heavy (non-hydrogen) atoms. The van der Waals surface area contributed by atoms with Crippen molar-refractivity contribution < 1.29 is 13.5 Å². The first-order valence-electron chi connectivity index (χ1n) is 11.0. The quantitative estimate of drug-likeness (QED) is 0.465. The predicted molar refractivity (Wildman–Crippen MR) is 132 cm³/mol. The molecule has 0 saturated heterocycles. The normalized spacial score (nSPS) is 16.7. The Morgan fingerprint density at radius 1 is 1.09 bits per heavy atom. The van der Waals surface area contributed by atoms with Gasteiger partial charge in [-0.05, 0) is 41.5 Å². The van der Waals surface area contributed by atoms with Gasteiger partial charge in [0.25, 0.3) is 0 Å². The Morgan fingerprint density at radius 3 is 2.65 bits per heavy atom. The zero-order valence-electron chi connectivity index (χ0n) is 18.7. The molecular weight excluding hydrogens is 432 g/mol. The Kier molecular flexibility index (Phi) is 5.80. The smallest absolute Gasteiger partial charge is 0.158 e. The molecule has 0 fully saturated rings. The molecule has 6 heteroatoms. The molecule has 0 bridgehead atoms. The number of hydrogen-bond donors (Lipinski definition) is 0. The van der Waals surface area contributed by atoms with Crippen molar-refractivity contribution in [2.24, 2.45) is 9.98 Å². The molecule has 2 heterocycles. The van der Waals surface area contributed by atoms with E-state index in [1.165, 1.54) is 6.08 Å². The molecule has 5 rings (SSSR count). The highest BCUT2D eigenvalue weighted by atomic mass is 19.1. The van der Waals surface area contributed by atoms with Crippen LogP contribution in [-0.2, 0) is 6.54 Å². The lowest BCUT2D eigenvalue weighted by molar-refractivity contribution is 0.359. The van der Waals surface area contributed by atoms with Gasteiger partial charge in [0, 0.05) is 30.4 Å². The number of amidine groups is 1. The van der Waals surface area contributed by atoms with E-state index in [2.05, 4.69) is 21.5 Å². The fraction of sp³-hybridized carbons (Fsp3) is 0.143. The number of aliphatic imine (C=N–C) groups is 2. The fourth-order valence-electron chi connectivity index (χ4n) is 4.21. The number of methoxy groups -OCH3 is 1. The van der Waals surface area contributed by atoms with Crippen LogP contribution in [0, 0.1) is 11.6 Å². The van der Waals surface area contributed by atoms with Crippen LogP contribution in [0.5, 0.6) is 5.75 Å². The van der Waals surface area contributed by atoms with Crippen molar-refractivity contribution in [3.8, 4) is 16.9 Å². The summed E-state index contributed by atoms with van der Waals surface area (Å²) in [6.07, 6.45) is 5.30. The molecule has 2 aliphatic rings. The Morgan fingerprint density at radius 2 is 1.91 bits per heavy atom. The van der Waals surface area contributed by atoms with E-state index in [1.807, 2.05) is 42.6 Å². The van der Waals surface area contributed by atoms with Crippen LogP contribution in [0.15, 0.2) is 89.5 Å². The summed E-state index contributed by atoms with van der Waals surface area (Å²) in [5.74, 6) is 0.481. The molecule has 0 saturated carbocycles. The highest BCUT2D eigenvalue weighted by Crippen LogP contribution is 2.27. The number of nitrogens with zero attached hydrogens (tertiary/aromatic N) is 3. The summed E-state index contributed by atoms with van der Waals surface area (Å²) in [7, 11) is 1.60. The highest BCUT2D eigenvalue weighted by molar-refractivity contribution is 6.17. The Labute approximate surface area is 197 Å². The molecule has 3 aromatic rings. The van der Waals surface area contributed by atoms with Crippen molar-refractivity contribution in [3.63, 3.8) is 0 Å². The van der Waals surface area contributed by atoms with E-state index in [-0.39, 0.29) is 17.7 Å². The van der Waals surface area contributed by atoms with Gasteiger partial charge in [-0.15, -0.1) is 0 Å². The molecule has 0 amide bonds. The number of halogens is 2. The maximum absolute atomic E-state index is 14.9. The lowest BCUT2D eigenvalue weighted by Crippen LogP contribution is -2.34. The Bertz CT molecular complexity index is 1340. The lowest BCUT2D eigenvalue weighted by Gasteiger charge is -2.27. The third kappa shape index (κ3) is 4.15. The van der Waals surface area contributed by atoms with E-state index in [0.717, 1.165) is 22.6 Å². The predicted octanol–water partition coefficient (Wildman–Crippen LogP) is 5.88. The van der Waals surface area contributed by atoms with E-state index in [4.69, 9.17) is 4.74 Å². The van der Waals surface area contributed by atoms with Gasteiger partial charge >= 0.3 is 0 Å². The molecule has 4 nitrogen and oxygen atoms in total. The van der Waals surface area contributed by atoms with E-state index in [0.29, 0.717) is 35.6 Å². The second kappa shape index (κ2) is 9.06. The Balaban J connectivity index is 1.30. The van der Waals surface area contributed by atoms with Crippen LogP contribution < -0.4 is 4.74 Å². The van der Waals surface area contributed by atoms with Gasteiger partial charge in [-0.3, -0.25) is 4.99 Å². The van der Waals surface area contributed by atoms with Crippen molar-refractivity contribution in [2.45, 2.75) is 12.6 Å². The molecule has 0 aromatic heterocycles. The maximum Gasteiger partial charge on any atom is 0.158 e. The standard InChI is InChI=1S/C28H23F2N3O/c1-3-19-5-4-6-23(27(19)30)28-31-25-13-14-33(17-26(25)32-28)16-18-7-12-22(24(29)15-18)20-8-10-21(34-2)11-9-20/h3-15,26H,1,16-17H2,2H3. The fourth-order valence-corrected chi connectivity index (χ4v) is 4.21. The van der Waals surface area contributed by atoms with Gasteiger partial charge < -0.3 is 9.64 Å². The van der Waals surface area contributed by atoms with Gasteiger partial charge in [-0.25, -0.2) is 13.8 Å². The molecule has 0 N–H and O–H groups in total. The maximum atomic E-state index is 14.9. The number of fused-ring (bicyclic) bond motifs is 1. The summed E-state index contributed by atoms with van der Waals surface area (Å²) in [4.78, 5) is 11.3. The zero-order chi connectivity index (χ0) is 23.7. The minimum atomic E-state index is -0.368. The van der Waals surface area contributed by atoms with Crippen LogP contribution in [0.2, 0.25) is 0 Å². The first-order valence-corrected chi connectivity index (χ1v) is 11.0. The molecule has 0 aliphatic carbocycles. The topological polar surface area (TPSA) is 37.2 Å². The van der Waals surface area contributed by atoms with Crippen LogP contribution in [0.1, 0.15) is 16.7 Å². The number of rotatable bonds is 6. The molecule has 3 aromatic carbocycles. The molecule has 1 unspecified atom stereocenters. The zero-order valence-corrected chi connectivity index (χ0v) is 18.7. The molecule has 2 aliphatic heterocycles.